The zero-order valence-electron chi connectivity index (χ0n) is 14.7. The number of nitrogens with zero attached hydrogens (tertiary/aromatic N) is 1. The highest BCUT2D eigenvalue weighted by Crippen LogP contribution is 2.33. The first kappa shape index (κ1) is 17.8. The number of methoxy groups -OCH3 is 1. The quantitative estimate of drug-likeness (QED) is 0.774. The Morgan fingerprint density at radius 2 is 2.00 bits per heavy atom. The highest BCUT2D eigenvalue weighted by atomic mass is 19.1. The number of ether oxygens (including phenoxy) is 1. The van der Waals surface area contributed by atoms with Gasteiger partial charge in [0, 0.05) is 18.0 Å². The predicted octanol–water partition coefficient (Wildman–Crippen LogP) is 3.79. The summed E-state index contributed by atoms with van der Waals surface area (Å²) in [7, 11) is 2.78. The lowest BCUT2D eigenvalue weighted by Gasteiger charge is -2.12. The summed E-state index contributed by atoms with van der Waals surface area (Å²) in [6.45, 7) is 1.88. The zero-order chi connectivity index (χ0) is 18.8. The highest BCUT2D eigenvalue weighted by molar-refractivity contribution is 5.91. The lowest BCUT2D eigenvalue weighted by molar-refractivity contribution is -0.119. The summed E-state index contributed by atoms with van der Waals surface area (Å²) in [5.74, 6) is -2.16. The summed E-state index contributed by atoms with van der Waals surface area (Å²) in [6, 6.07) is 9.79. The number of carbonyl (C=O) groups is 1. The molecule has 0 saturated carbocycles. The van der Waals surface area contributed by atoms with Crippen LogP contribution in [0.5, 0.6) is 5.75 Å². The number of hydrogen-bond acceptors (Lipinski definition) is 3. The molecule has 3 rings (SSSR count). The Balaban J connectivity index is 2.23. The van der Waals surface area contributed by atoms with Crippen molar-refractivity contribution in [3.8, 4) is 17.0 Å². The van der Waals surface area contributed by atoms with Gasteiger partial charge in [0.05, 0.1) is 24.7 Å². The Morgan fingerprint density at radius 1 is 1.23 bits per heavy atom. The molecule has 6 heteroatoms. The summed E-state index contributed by atoms with van der Waals surface area (Å²) in [5, 5.41) is 3.46. The van der Waals surface area contributed by atoms with Crippen molar-refractivity contribution in [2.24, 2.45) is 0 Å². The molecule has 0 atom stereocenters. The van der Waals surface area contributed by atoms with E-state index in [2.05, 4.69) is 10.3 Å². The van der Waals surface area contributed by atoms with Gasteiger partial charge in [0.15, 0.2) is 17.4 Å². The first-order valence-electron chi connectivity index (χ1n) is 8.08. The van der Waals surface area contributed by atoms with Crippen LogP contribution in [-0.2, 0) is 11.2 Å². The van der Waals surface area contributed by atoms with Crippen molar-refractivity contribution in [2.75, 3.05) is 14.2 Å². The summed E-state index contributed by atoms with van der Waals surface area (Å²) < 4.78 is 33.2. The Labute approximate surface area is 149 Å². The average molecular weight is 356 g/mol. The van der Waals surface area contributed by atoms with E-state index in [-0.39, 0.29) is 17.9 Å². The Kier molecular flexibility index (Phi) is 4.84. The van der Waals surface area contributed by atoms with Crippen LogP contribution in [0.3, 0.4) is 0 Å². The zero-order valence-corrected chi connectivity index (χ0v) is 14.7. The van der Waals surface area contributed by atoms with E-state index < -0.39 is 17.4 Å². The number of carbonyl (C=O) groups excluding carboxylic acids is 1. The van der Waals surface area contributed by atoms with Crippen LogP contribution in [0, 0.1) is 18.6 Å². The van der Waals surface area contributed by atoms with Crippen LogP contribution in [0.2, 0.25) is 0 Å². The number of rotatable bonds is 4. The fourth-order valence-electron chi connectivity index (χ4n) is 2.94. The first-order valence-corrected chi connectivity index (χ1v) is 8.08. The maximum absolute atomic E-state index is 14.6. The molecule has 26 heavy (non-hydrogen) atoms. The predicted molar refractivity (Wildman–Crippen MR) is 96.2 cm³/mol. The van der Waals surface area contributed by atoms with Crippen molar-refractivity contribution >= 4 is 16.8 Å². The molecule has 4 nitrogen and oxygen atoms in total. The normalized spacial score (nSPS) is 10.8. The van der Waals surface area contributed by atoms with Gasteiger partial charge in [-0.15, -0.1) is 0 Å². The van der Waals surface area contributed by atoms with Gasteiger partial charge in [-0.3, -0.25) is 4.79 Å². The number of pyridine rings is 1. The molecule has 1 aromatic heterocycles. The molecule has 0 aliphatic rings. The van der Waals surface area contributed by atoms with Gasteiger partial charge in [0.25, 0.3) is 0 Å². The number of nitrogens with one attached hydrogen (secondary N) is 1. The number of benzene rings is 2. The van der Waals surface area contributed by atoms with Crippen LogP contribution < -0.4 is 10.1 Å². The Morgan fingerprint density at radius 3 is 2.69 bits per heavy atom. The van der Waals surface area contributed by atoms with E-state index in [1.807, 2.05) is 25.1 Å². The van der Waals surface area contributed by atoms with Crippen molar-refractivity contribution in [2.45, 2.75) is 13.3 Å². The van der Waals surface area contributed by atoms with Crippen molar-refractivity contribution in [1.29, 1.82) is 0 Å². The Hall–Kier alpha value is -3.02. The third-order valence-electron chi connectivity index (χ3n) is 4.29. The van der Waals surface area contributed by atoms with E-state index in [1.54, 1.807) is 13.1 Å². The molecule has 0 spiro atoms. The molecule has 0 aliphatic heterocycles. The standard InChI is InChI=1S/C20H18F2N2O2/c1-11-9-16(14-7-8-15(21)20(26-3)18(14)22)24-19-12(10-17(25)23-2)5-4-6-13(11)19/h4-9H,10H2,1-3H3,(H,23,25). The molecular formula is C20H18F2N2O2. The number of likely N-dealkylation sites (N-methyl/N-ethyl adjacent to an activating group) is 1. The van der Waals surface area contributed by atoms with Crippen LogP contribution in [0.1, 0.15) is 11.1 Å². The molecule has 1 heterocycles. The van der Waals surface area contributed by atoms with E-state index in [0.717, 1.165) is 22.6 Å². The molecule has 134 valence electrons. The fraction of sp³-hybridized carbons (Fsp3) is 0.200. The van der Waals surface area contributed by atoms with Gasteiger partial charge in [-0.05, 0) is 36.2 Å². The molecule has 3 aromatic rings. The number of halogens is 2. The van der Waals surface area contributed by atoms with Gasteiger partial charge >= 0.3 is 0 Å². The minimum Gasteiger partial charge on any atom is -0.491 e. The van der Waals surface area contributed by atoms with Crippen LogP contribution in [0.25, 0.3) is 22.2 Å². The Bertz CT molecular complexity index is 1000. The van der Waals surface area contributed by atoms with E-state index in [0.29, 0.717) is 11.2 Å². The third-order valence-corrected chi connectivity index (χ3v) is 4.29. The lowest BCUT2D eigenvalue weighted by Crippen LogP contribution is -2.20. The fourth-order valence-corrected chi connectivity index (χ4v) is 2.94. The molecule has 0 unspecified atom stereocenters. The second kappa shape index (κ2) is 7.07. The van der Waals surface area contributed by atoms with Crippen molar-refractivity contribution < 1.29 is 18.3 Å². The smallest absolute Gasteiger partial charge is 0.224 e. The number of aromatic nitrogens is 1. The van der Waals surface area contributed by atoms with Gasteiger partial charge < -0.3 is 10.1 Å². The minimum absolute atomic E-state index is 0.142. The second-order valence-corrected chi connectivity index (χ2v) is 5.93. The molecule has 0 bridgehead atoms. The van der Waals surface area contributed by atoms with E-state index in [9.17, 15) is 13.6 Å². The first-order chi connectivity index (χ1) is 12.5. The van der Waals surface area contributed by atoms with E-state index >= 15 is 0 Å². The van der Waals surface area contributed by atoms with Crippen LogP contribution in [-0.4, -0.2) is 25.0 Å². The summed E-state index contributed by atoms with van der Waals surface area (Å²) in [6.07, 6.45) is 0.166. The number of para-hydroxylation sites is 1. The molecular weight excluding hydrogens is 338 g/mol. The molecule has 1 N–H and O–H groups in total. The maximum atomic E-state index is 14.6. The maximum Gasteiger partial charge on any atom is 0.224 e. The van der Waals surface area contributed by atoms with Crippen molar-refractivity contribution in [1.82, 2.24) is 10.3 Å². The number of aryl methyl sites for hydroxylation is 1. The molecule has 0 radical (unpaired) electrons. The van der Waals surface area contributed by atoms with Gasteiger partial charge in [-0.25, -0.2) is 13.8 Å². The largest absolute Gasteiger partial charge is 0.491 e. The van der Waals surface area contributed by atoms with Crippen molar-refractivity contribution in [3.63, 3.8) is 0 Å². The van der Waals surface area contributed by atoms with E-state index in [1.165, 1.54) is 13.2 Å². The van der Waals surface area contributed by atoms with Crippen LogP contribution >= 0.6 is 0 Å². The topological polar surface area (TPSA) is 51.2 Å². The molecule has 0 fully saturated rings. The number of hydrogen-bond donors (Lipinski definition) is 1. The second-order valence-electron chi connectivity index (χ2n) is 5.93. The summed E-state index contributed by atoms with van der Waals surface area (Å²) >= 11 is 0. The summed E-state index contributed by atoms with van der Waals surface area (Å²) in [5.41, 5.74) is 2.74. The van der Waals surface area contributed by atoms with Crippen LogP contribution in [0.15, 0.2) is 36.4 Å². The lowest BCUT2D eigenvalue weighted by atomic mass is 10.0. The molecule has 2 aromatic carbocycles. The third kappa shape index (κ3) is 3.10. The number of fused-ring (bicyclic) bond motifs is 1. The van der Waals surface area contributed by atoms with Crippen molar-refractivity contribution in [3.05, 3.63) is 59.2 Å². The molecule has 1 amide bonds. The van der Waals surface area contributed by atoms with Crippen LogP contribution in [0.4, 0.5) is 8.78 Å². The van der Waals surface area contributed by atoms with E-state index in [4.69, 9.17) is 4.74 Å². The molecule has 0 saturated heterocycles. The average Bonchev–Trinajstić information content (AvgIpc) is 2.62. The summed E-state index contributed by atoms with van der Waals surface area (Å²) in [4.78, 5) is 16.3. The SMILES string of the molecule is CNC(=O)Cc1cccc2c(C)cc(-c3ccc(F)c(OC)c3F)nc12. The molecule has 0 aliphatic carbocycles. The van der Waals surface area contributed by atoms with Gasteiger partial charge in [0.2, 0.25) is 5.91 Å². The van der Waals surface area contributed by atoms with Gasteiger partial charge in [-0.1, -0.05) is 18.2 Å². The van der Waals surface area contributed by atoms with Gasteiger partial charge in [-0.2, -0.15) is 0 Å². The van der Waals surface area contributed by atoms with Gasteiger partial charge in [0.1, 0.15) is 0 Å². The monoisotopic (exact) mass is 356 g/mol. The number of amides is 1. The minimum atomic E-state index is -0.803. The highest BCUT2D eigenvalue weighted by Gasteiger charge is 2.18.